The summed E-state index contributed by atoms with van der Waals surface area (Å²) in [5.41, 5.74) is 8.27. The molecule has 2 aromatic carbocycles. The van der Waals surface area contributed by atoms with Crippen LogP contribution in [0, 0.1) is 5.41 Å². The Labute approximate surface area is 211 Å². The number of rotatable bonds is 5. The number of benzene rings is 2. The number of ether oxygens (including phenoxy) is 1. The number of carbonyl (C=O) groups is 2. The van der Waals surface area contributed by atoms with E-state index in [0.29, 0.717) is 25.3 Å². The zero-order valence-electron chi connectivity index (χ0n) is 21.1. The minimum atomic E-state index is -0.107. The Bertz CT molecular complexity index is 1340. The molecule has 2 atom stereocenters. The number of hydrogen-bond acceptors (Lipinski definition) is 4. The third kappa shape index (κ3) is 4.01. The summed E-state index contributed by atoms with van der Waals surface area (Å²) < 4.78 is 5.34. The first-order valence-electron chi connectivity index (χ1n) is 12.8. The summed E-state index contributed by atoms with van der Waals surface area (Å²) >= 11 is 0. The number of aromatic amines is 1. The number of nitrogens with zero attached hydrogens (tertiary/aromatic N) is 2. The lowest BCUT2D eigenvalue weighted by Gasteiger charge is -2.25. The molecule has 3 aliphatic rings. The van der Waals surface area contributed by atoms with Crippen LogP contribution < -0.4 is 5.32 Å². The predicted molar refractivity (Wildman–Crippen MR) is 137 cm³/mol. The van der Waals surface area contributed by atoms with Gasteiger partial charge in [0.25, 0.3) is 11.8 Å². The Kier molecular flexibility index (Phi) is 5.48. The molecule has 36 heavy (non-hydrogen) atoms. The summed E-state index contributed by atoms with van der Waals surface area (Å²) in [5, 5.41) is 10.9. The van der Waals surface area contributed by atoms with E-state index >= 15 is 0 Å². The standard InChI is InChI=1S/C29H32N4O3/c1-17(18-4-6-19(7-5-18)27(34)30-22-10-11-36-16-22)33-15-21-12-20(8-9-23(21)28(33)35)26-24-13-29(2,3)14-25(24)31-32-26/h4-9,12,17,22H,10-11,13-16H2,1-3H3,(H,30,34)(H,31,32)/t17?,22-/m1/s1. The van der Waals surface area contributed by atoms with Gasteiger partial charge in [0.05, 0.1) is 24.4 Å². The lowest BCUT2D eigenvalue weighted by atomic mass is 9.90. The van der Waals surface area contributed by atoms with Crippen molar-refractivity contribution in [1.82, 2.24) is 20.4 Å². The van der Waals surface area contributed by atoms with Crippen LogP contribution in [-0.2, 0) is 24.1 Å². The summed E-state index contributed by atoms with van der Waals surface area (Å²) in [6.45, 7) is 8.44. The van der Waals surface area contributed by atoms with Crippen LogP contribution in [-0.4, -0.2) is 46.2 Å². The molecule has 7 heteroatoms. The minimum Gasteiger partial charge on any atom is -0.379 e. The lowest BCUT2D eigenvalue weighted by molar-refractivity contribution is 0.0715. The van der Waals surface area contributed by atoms with E-state index in [0.717, 1.165) is 47.2 Å². The summed E-state index contributed by atoms with van der Waals surface area (Å²) in [4.78, 5) is 27.7. The molecule has 1 aromatic heterocycles. The molecule has 1 unspecified atom stereocenters. The predicted octanol–water partition coefficient (Wildman–Crippen LogP) is 4.44. The second kappa shape index (κ2) is 8.59. The maximum atomic E-state index is 13.3. The zero-order valence-corrected chi connectivity index (χ0v) is 21.1. The molecular weight excluding hydrogens is 452 g/mol. The van der Waals surface area contributed by atoms with Crippen molar-refractivity contribution in [2.75, 3.05) is 13.2 Å². The quantitative estimate of drug-likeness (QED) is 0.561. The molecule has 2 aliphatic heterocycles. The van der Waals surface area contributed by atoms with Crippen molar-refractivity contribution in [3.05, 3.63) is 76.0 Å². The molecule has 3 heterocycles. The van der Waals surface area contributed by atoms with Crippen LogP contribution >= 0.6 is 0 Å². The van der Waals surface area contributed by atoms with Gasteiger partial charge in [0.15, 0.2) is 0 Å². The van der Waals surface area contributed by atoms with Crippen LogP contribution in [0.5, 0.6) is 0 Å². The maximum Gasteiger partial charge on any atom is 0.255 e. The van der Waals surface area contributed by atoms with E-state index in [1.54, 1.807) is 0 Å². The average Bonchev–Trinajstić information content (AvgIpc) is 3.63. The van der Waals surface area contributed by atoms with Gasteiger partial charge in [0.1, 0.15) is 0 Å². The number of hydrogen-bond donors (Lipinski definition) is 2. The van der Waals surface area contributed by atoms with E-state index in [-0.39, 0.29) is 29.3 Å². The van der Waals surface area contributed by atoms with Gasteiger partial charge in [-0.2, -0.15) is 5.10 Å². The third-order valence-corrected chi connectivity index (χ3v) is 7.86. The van der Waals surface area contributed by atoms with E-state index in [1.807, 2.05) is 48.2 Å². The number of amides is 2. The fraction of sp³-hybridized carbons (Fsp3) is 0.414. The maximum absolute atomic E-state index is 13.3. The average molecular weight is 485 g/mol. The van der Waals surface area contributed by atoms with Crippen molar-refractivity contribution in [2.45, 2.75) is 58.7 Å². The summed E-state index contributed by atoms with van der Waals surface area (Å²) in [5.74, 6) is -0.0457. The van der Waals surface area contributed by atoms with Crippen molar-refractivity contribution in [3.63, 3.8) is 0 Å². The molecule has 2 amide bonds. The normalized spacial score (nSPS) is 20.9. The molecule has 3 aromatic rings. The number of aromatic nitrogens is 2. The van der Waals surface area contributed by atoms with Crippen LogP contribution in [0.2, 0.25) is 0 Å². The molecule has 0 saturated carbocycles. The summed E-state index contributed by atoms with van der Waals surface area (Å²) in [6, 6.07) is 13.6. The first-order valence-corrected chi connectivity index (χ1v) is 12.8. The smallest absolute Gasteiger partial charge is 0.255 e. The molecule has 7 nitrogen and oxygen atoms in total. The van der Waals surface area contributed by atoms with Crippen molar-refractivity contribution >= 4 is 11.8 Å². The van der Waals surface area contributed by atoms with Gasteiger partial charge in [0.2, 0.25) is 0 Å². The third-order valence-electron chi connectivity index (χ3n) is 7.86. The van der Waals surface area contributed by atoms with Crippen molar-refractivity contribution in [1.29, 1.82) is 0 Å². The highest BCUT2D eigenvalue weighted by Gasteiger charge is 2.35. The number of carbonyl (C=O) groups excluding carboxylic acids is 2. The Balaban J connectivity index is 1.18. The Morgan fingerprint density at radius 3 is 2.75 bits per heavy atom. The first-order chi connectivity index (χ1) is 17.3. The largest absolute Gasteiger partial charge is 0.379 e. The number of H-pyrrole nitrogens is 1. The van der Waals surface area contributed by atoms with E-state index in [9.17, 15) is 9.59 Å². The molecule has 2 N–H and O–H groups in total. The van der Waals surface area contributed by atoms with Gasteiger partial charge >= 0.3 is 0 Å². The molecule has 6 rings (SSSR count). The van der Waals surface area contributed by atoms with Gasteiger partial charge in [-0.25, -0.2) is 0 Å². The van der Waals surface area contributed by atoms with Gasteiger partial charge in [-0.05, 0) is 67.0 Å². The van der Waals surface area contributed by atoms with Crippen molar-refractivity contribution in [3.8, 4) is 11.3 Å². The SMILES string of the molecule is CC(c1ccc(C(=O)N[C@@H]2CCOC2)cc1)N1Cc2cc(-c3n[nH]c4c3CC(C)(C)C4)ccc2C1=O. The van der Waals surface area contributed by atoms with Crippen LogP contribution in [0.1, 0.15) is 76.3 Å². The highest BCUT2D eigenvalue weighted by Crippen LogP contribution is 2.41. The molecule has 186 valence electrons. The van der Waals surface area contributed by atoms with E-state index < -0.39 is 0 Å². The van der Waals surface area contributed by atoms with E-state index in [2.05, 4.69) is 35.4 Å². The van der Waals surface area contributed by atoms with Gasteiger partial charge in [-0.15, -0.1) is 0 Å². The number of nitrogens with one attached hydrogen (secondary N) is 2. The second-order valence-electron chi connectivity index (χ2n) is 11.2. The zero-order chi connectivity index (χ0) is 25.0. The first kappa shape index (κ1) is 23.0. The van der Waals surface area contributed by atoms with Crippen LogP contribution in [0.4, 0.5) is 0 Å². The topological polar surface area (TPSA) is 87.3 Å². The van der Waals surface area contributed by atoms with Crippen LogP contribution in [0.15, 0.2) is 42.5 Å². The molecule has 0 bridgehead atoms. The highest BCUT2D eigenvalue weighted by atomic mass is 16.5. The monoisotopic (exact) mass is 484 g/mol. The second-order valence-corrected chi connectivity index (χ2v) is 11.2. The molecular formula is C29H32N4O3. The highest BCUT2D eigenvalue weighted by molar-refractivity contribution is 5.99. The molecule has 1 aliphatic carbocycles. The summed E-state index contributed by atoms with van der Waals surface area (Å²) in [6.07, 6.45) is 2.87. The van der Waals surface area contributed by atoms with Crippen LogP contribution in [0.3, 0.4) is 0 Å². The molecule has 1 saturated heterocycles. The fourth-order valence-corrected chi connectivity index (χ4v) is 5.81. The van der Waals surface area contributed by atoms with Crippen molar-refractivity contribution in [2.24, 2.45) is 5.41 Å². The minimum absolute atomic E-state index is 0.0421. The summed E-state index contributed by atoms with van der Waals surface area (Å²) in [7, 11) is 0. The van der Waals surface area contributed by atoms with Gasteiger partial charge < -0.3 is 15.0 Å². The fourth-order valence-electron chi connectivity index (χ4n) is 5.81. The molecule has 0 spiro atoms. The van der Waals surface area contributed by atoms with Gasteiger partial charge in [-0.3, -0.25) is 14.7 Å². The van der Waals surface area contributed by atoms with Crippen LogP contribution in [0.25, 0.3) is 11.3 Å². The van der Waals surface area contributed by atoms with Gasteiger partial charge in [-0.1, -0.05) is 32.0 Å². The molecule has 1 fully saturated rings. The van der Waals surface area contributed by atoms with E-state index in [1.165, 1.54) is 11.3 Å². The van der Waals surface area contributed by atoms with Gasteiger partial charge in [0, 0.05) is 41.1 Å². The number of fused-ring (bicyclic) bond motifs is 2. The Morgan fingerprint density at radius 1 is 1.19 bits per heavy atom. The Morgan fingerprint density at radius 2 is 2.00 bits per heavy atom. The molecule has 0 radical (unpaired) electrons. The van der Waals surface area contributed by atoms with E-state index in [4.69, 9.17) is 4.74 Å². The lowest BCUT2D eigenvalue weighted by Crippen LogP contribution is -2.35. The van der Waals surface area contributed by atoms with Crippen molar-refractivity contribution < 1.29 is 14.3 Å². The Hall–Kier alpha value is -3.45.